The maximum Gasteiger partial charge on any atom is 0.0717 e. The first-order valence-electron chi connectivity index (χ1n) is 5.49. The highest BCUT2D eigenvalue weighted by atomic mass is 16.5. The van der Waals surface area contributed by atoms with Gasteiger partial charge in [-0.3, -0.25) is 4.68 Å². The number of rotatable bonds is 5. The molecule has 1 heterocycles. The van der Waals surface area contributed by atoms with Crippen LogP contribution < -0.4 is 0 Å². The van der Waals surface area contributed by atoms with Crippen LogP contribution >= 0.6 is 0 Å². The van der Waals surface area contributed by atoms with E-state index in [1.165, 1.54) is 5.56 Å². The van der Waals surface area contributed by atoms with Crippen LogP contribution in [0.5, 0.6) is 0 Å². The second-order valence-electron chi connectivity index (χ2n) is 3.67. The molecule has 0 amide bonds. The third-order valence-corrected chi connectivity index (χ3v) is 2.38. The van der Waals surface area contributed by atoms with Crippen LogP contribution in [-0.2, 0) is 17.9 Å². The van der Waals surface area contributed by atoms with E-state index in [1.54, 1.807) is 10.9 Å². The van der Waals surface area contributed by atoms with Gasteiger partial charge in [-0.2, -0.15) is 5.10 Å². The summed E-state index contributed by atoms with van der Waals surface area (Å²) in [7, 11) is 0. The molecule has 0 spiro atoms. The summed E-state index contributed by atoms with van der Waals surface area (Å²) in [4.78, 5) is 0. The zero-order valence-corrected chi connectivity index (χ0v) is 9.54. The quantitative estimate of drug-likeness (QED) is 0.576. The van der Waals surface area contributed by atoms with Crippen LogP contribution in [0, 0.1) is 12.3 Å². The molecule has 17 heavy (non-hydrogen) atoms. The summed E-state index contributed by atoms with van der Waals surface area (Å²) < 4.78 is 7.35. The highest BCUT2D eigenvalue weighted by Gasteiger charge is 1.96. The minimum absolute atomic E-state index is 0.626. The molecule has 86 valence electrons. The van der Waals surface area contributed by atoms with Crippen molar-refractivity contribution in [1.29, 1.82) is 0 Å². The predicted molar refractivity (Wildman–Crippen MR) is 66.3 cm³/mol. The average Bonchev–Trinajstić information content (AvgIpc) is 2.84. The van der Waals surface area contributed by atoms with Crippen LogP contribution in [0.1, 0.15) is 11.1 Å². The van der Waals surface area contributed by atoms with Gasteiger partial charge in [-0.15, -0.1) is 6.42 Å². The van der Waals surface area contributed by atoms with E-state index in [9.17, 15) is 0 Å². The summed E-state index contributed by atoms with van der Waals surface area (Å²) >= 11 is 0. The number of nitrogens with zero attached hydrogens (tertiary/aromatic N) is 2. The monoisotopic (exact) mass is 226 g/mol. The second-order valence-corrected chi connectivity index (χ2v) is 3.67. The van der Waals surface area contributed by atoms with Crippen molar-refractivity contribution >= 4 is 0 Å². The lowest BCUT2D eigenvalue weighted by atomic mass is 10.2. The van der Waals surface area contributed by atoms with Crippen molar-refractivity contribution in [1.82, 2.24) is 9.78 Å². The van der Waals surface area contributed by atoms with E-state index in [-0.39, 0.29) is 0 Å². The molecule has 1 aromatic heterocycles. The Morgan fingerprint density at radius 1 is 1.29 bits per heavy atom. The molecule has 0 aliphatic rings. The molecule has 0 bridgehead atoms. The van der Waals surface area contributed by atoms with Crippen LogP contribution in [0.15, 0.2) is 42.7 Å². The lowest BCUT2D eigenvalue weighted by molar-refractivity contribution is 0.111. The third-order valence-electron chi connectivity index (χ3n) is 2.38. The Morgan fingerprint density at radius 2 is 2.12 bits per heavy atom. The summed E-state index contributed by atoms with van der Waals surface area (Å²) in [6.45, 7) is 1.97. The highest BCUT2D eigenvalue weighted by Crippen LogP contribution is 2.01. The Kier molecular flexibility index (Phi) is 3.95. The van der Waals surface area contributed by atoms with E-state index in [4.69, 9.17) is 11.2 Å². The number of hydrogen-bond donors (Lipinski definition) is 0. The molecular formula is C14H14N2O. The van der Waals surface area contributed by atoms with E-state index in [2.05, 4.69) is 11.0 Å². The van der Waals surface area contributed by atoms with Gasteiger partial charge < -0.3 is 4.74 Å². The standard InChI is InChI=1S/C14H14N2O/c1-2-13-10-15-16(11-13)8-9-17-12-14-6-4-3-5-7-14/h1,3-7,10-11H,8-9,12H2. The lowest BCUT2D eigenvalue weighted by Gasteiger charge is -2.04. The normalized spacial score (nSPS) is 10.1. The van der Waals surface area contributed by atoms with Gasteiger partial charge in [0.05, 0.1) is 31.5 Å². The van der Waals surface area contributed by atoms with Gasteiger partial charge in [0, 0.05) is 6.20 Å². The van der Waals surface area contributed by atoms with Crippen LogP contribution in [0.4, 0.5) is 0 Å². The summed E-state index contributed by atoms with van der Waals surface area (Å²) in [6.07, 6.45) is 8.78. The van der Waals surface area contributed by atoms with Crippen molar-refractivity contribution in [3.63, 3.8) is 0 Å². The van der Waals surface area contributed by atoms with Crippen molar-refractivity contribution in [2.75, 3.05) is 6.61 Å². The number of terminal acetylenes is 1. The van der Waals surface area contributed by atoms with Crippen LogP contribution in [0.25, 0.3) is 0 Å². The topological polar surface area (TPSA) is 27.1 Å². The number of ether oxygens (including phenoxy) is 1. The predicted octanol–water partition coefficient (Wildman–Crippen LogP) is 2.08. The molecule has 0 radical (unpaired) electrons. The molecule has 0 fully saturated rings. The molecule has 2 rings (SSSR count). The zero-order chi connectivity index (χ0) is 11.9. The molecule has 2 aromatic rings. The Morgan fingerprint density at radius 3 is 2.82 bits per heavy atom. The Labute approximate surface area is 101 Å². The van der Waals surface area contributed by atoms with Crippen molar-refractivity contribution < 1.29 is 4.74 Å². The van der Waals surface area contributed by atoms with E-state index in [0.717, 1.165) is 5.56 Å². The van der Waals surface area contributed by atoms with Crippen molar-refractivity contribution in [3.05, 3.63) is 53.9 Å². The fraction of sp³-hybridized carbons (Fsp3) is 0.214. The Balaban J connectivity index is 1.72. The summed E-state index contributed by atoms with van der Waals surface area (Å²) in [6, 6.07) is 10.1. The lowest BCUT2D eigenvalue weighted by Crippen LogP contribution is -2.06. The van der Waals surface area contributed by atoms with E-state index < -0.39 is 0 Å². The van der Waals surface area contributed by atoms with E-state index in [1.807, 2.05) is 36.5 Å². The molecule has 0 aliphatic heterocycles. The summed E-state index contributed by atoms with van der Waals surface area (Å²) in [5, 5.41) is 4.13. The van der Waals surface area contributed by atoms with Crippen molar-refractivity contribution in [2.24, 2.45) is 0 Å². The van der Waals surface area contributed by atoms with Crippen molar-refractivity contribution in [3.8, 4) is 12.3 Å². The molecular weight excluding hydrogens is 212 g/mol. The first-order chi connectivity index (χ1) is 8.38. The van der Waals surface area contributed by atoms with Crippen LogP contribution in [0.3, 0.4) is 0 Å². The largest absolute Gasteiger partial charge is 0.375 e. The Bertz CT molecular complexity index is 496. The fourth-order valence-corrected chi connectivity index (χ4v) is 1.48. The molecule has 0 unspecified atom stereocenters. The van der Waals surface area contributed by atoms with Gasteiger partial charge in [-0.1, -0.05) is 36.3 Å². The first-order valence-corrected chi connectivity index (χ1v) is 5.49. The summed E-state index contributed by atoms with van der Waals surface area (Å²) in [5.74, 6) is 2.54. The SMILES string of the molecule is C#Cc1cnn(CCOCc2ccccc2)c1. The molecule has 0 atom stereocenters. The molecule has 1 aromatic carbocycles. The first kappa shape index (κ1) is 11.4. The summed E-state index contributed by atoms with van der Waals surface area (Å²) in [5.41, 5.74) is 1.98. The fourth-order valence-electron chi connectivity index (χ4n) is 1.48. The molecule has 3 heteroatoms. The van der Waals surface area contributed by atoms with E-state index >= 15 is 0 Å². The zero-order valence-electron chi connectivity index (χ0n) is 9.54. The molecule has 3 nitrogen and oxygen atoms in total. The van der Waals surface area contributed by atoms with Crippen molar-refractivity contribution in [2.45, 2.75) is 13.2 Å². The maximum absolute atomic E-state index is 5.55. The van der Waals surface area contributed by atoms with E-state index in [0.29, 0.717) is 19.8 Å². The minimum atomic E-state index is 0.626. The van der Waals surface area contributed by atoms with Gasteiger partial charge in [0.2, 0.25) is 0 Å². The van der Waals surface area contributed by atoms with Gasteiger partial charge in [-0.05, 0) is 5.56 Å². The van der Waals surface area contributed by atoms with Gasteiger partial charge >= 0.3 is 0 Å². The van der Waals surface area contributed by atoms with Crippen LogP contribution in [0.2, 0.25) is 0 Å². The number of hydrogen-bond acceptors (Lipinski definition) is 2. The highest BCUT2D eigenvalue weighted by molar-refractivity contribution is 5.26. The average molecular weight is 226 g/mol. The Hall–Kier alpha value is -2.05. The van der Waals surface area contributed by atoms with Gasteiger partial charge in [0.15, 0.2) is 0 Å². The molecule has 0 N–H and O–H groups in total. The molecule has 0 saturated heterocycles. The minimum Gasteiger partial charge on any atom is -0.375 e. The second kappa shape index (κ2) is 5.88. The molecule has 0 saturated carbocycles. The smallest absolute Gasteiger partial charge is 0.0717 e. The number of aromatic nitrogens is 2. The number of benzene rings is 1. The third kappa shape index (κ3) is 3.47. The van der Waals surface area contributed by atoms with Gasteiger partial charge in [0.1, 0.15) is 0 Å². The van der Waals surface area contributed by atoms with Gasteiger partial charge in [-0.25, -0.2) is 0 Å². The van der Waals surface area contributed by atoms with Crippen LogP contribution in [-0.4, -0.2) is 16.4 Å². The molecule has 0 aliphatic carbocycles. The van der Waals surface area contributed by atoms with Gasteiger partial charge in [0.25, 0.3) is 0 Å². The maximum atomic E-state index is 5.55.